The Labute approximate surface area is 307 Å². The predicted octanol–water partition coefficient (Wildman–Crippen LogP) is 11.5. The first-order chi connectivity index (χ1) is 24.6. The van der Waals surface area contributed by atoms with E-state index < -0.39 is 12.0 Å². The molecule has 0 aromatic heterocycles. The molecule has 6 nitrogen and oxygen atoms in total. The van der Waals surface area contributed by atoms with Gasteiger partial charge in [0.2, 0.25) is 0 Å². The molecule has 0 spiro atoms. The number of rotatable bonds is 31. The van der Waals surface area contributed by atoms with E-state index in [1.54, 1.807) is 0 Å². The summed E-state index contributed by atoms with van der Waals surface area (Å²) in [6.07, 6.45) is 46.6. The van der Waals surface area contributed by atoms with Crippen molar-refractivity contribution in [2.24, 2.45) is 0 Å². The summed E-state index contributed by atoms with van der Waals surface area (Å²) in [4.78, 5) is 32.3. The topological polar surface area (TPSA) is 59.1 Å². The number of piperazine rings is 1. The van der Waals surface area contributed by atoms with Gasteiger partial charge in [-0.3, -0.25) is 9.59 Å². The van der Waals surface area contributed by atoms with Crippen LogP contribution in [0.2, 0.25) is 0 Å². The molecule has 2 rings (SSSR count). The van der Waals surface area contributed by atoms with Crippen LogP contribution in [0, 0.1) is 0 Å². The minimum absolute atomic E-state index is 0.0291. The van der Waals surface area contributed by atoms with E-state index in [9.17, 15) is 9.59 Å². The summed E-state index contributed by atoms with van der Waals surface area (Å²) in [6.45, 7) is 6.21. The van der Waals surface area contributed by atoms with E-state index in [0.29, 0.717) is 25.9 Å². The molecule has 2 aliphatic heterocycles. The van der Waals surface area contributed by atoms with Crippen molar-refractivity contribution in [1.82, 2.24) is 9.80 Å². The van der Waals surface area contributed by atoms with E-state index in [4.69, 9.17) is 9.47 Å². The van der Waals surface area contributed by atoms with Crippen molar-refractivity contribution in [2.45, 2.75) is 180 Å². The fraction of sp³-hybridized carbons (Fsp3) is 0.727. The number of carbonyl (C=O) groups is 2. The Hall–Kier alpha value is -2.44. The normalized spacial score (nSPS) is 17.2. The maximum atomic E-state index is 14.1. The molecule has 0 aliphatic carbocycles. The SMILES string of the molecule is CCCCC/C=C\C/C=C\CCCCCCCC(=O)C1(C(=O)CCCCCCC/C=C\C/C=C\CCCCC)CN(C)CCN1C1OC=CO1. The zero-order chi connectivity index (χ0) is 36.0. The lowest BCUT2D eigenvalue weighted by Crippen LogP contribution is -2.71. The standard InChI is InChI=1S/C44H74N2O4/c1-4-6-8-10-12-14-16-18-20-22-24-26-28-30-32-34-41(47)44(40-45(3)36-37-46(44)43-49-38-39-50-43)42(48)35-33-31-29-27-25-23-21-19-17-15-13-11-9-7-5-2/h12-15,18-21,38-39,43H,4-11,16-17,22-37,40H2,1-3H3/b14-12-,15-13-,20-18-,21-19-. The summed E-state index contributed by atoms with van der Waals surface area (Å²) in [5.74, 6) is 0.0582. The van der Waals surface area contributed by atoms with Crippen molar-refractivity contribution in [3.8, 4) is 0 Å². The van der Waals surface area contributed by atoms with Gasteiger partial charge in [0, 0.05) is 32.5 Å². The molecule has 2 aliphatic rings. The van der Waals surface area contributed by atoms with Gasteiger partial charge >= 0.3 is 6.41 Å². The minimum Gasteiger partial charge on any atom is -0.446 e. The molecule has 0 saturated carbocycles. The van der Waals surface area contributed by atoms with Gasteiger partial charge in [-0.2, -0.15) is 0 Å². The lowest BCUT2D eigenvalue weighted by atomic mass is 9.80. The van der Waals surface area contributed by atoms with Crippen LogP contribution in [-0.2, 0) is 19.1 Å². The molecule has 1 fully saturated rings. The molecule has 0 N–H and O–H groups in total. The molecule has 0 unspecified atom stereocenters. The number of hydrogen-bond donors (Lipinski definition) is 0. The number of hydrogen-bond acceptors (Lipinski definition) is 6. The summed E-state index contributed by atoms with van der Waals surface area (Å²) < 4.78 is 11.5. The van der Waals surface area contributed by atoms with Crippen molar-refractivity contribution < 1.29 is 19.1 Å². The second-order valence-electron chi connectivity index (χ2n) is 14.5. The lowest BCUT2D eigenvalue weighted by molar-refractivity contribution is -0.200. The van der Waals surface area contributed by atoms with E-state index in [2.05, 4.69) is 67.4 Å². The van der Waals surface area contributed by atoms with Crippen LogP contribution in [-0.4, -0.2) is 60.0 Å². The summed E-state index contributed by atoms with van der Waals surface area (Å²) in [5.41, 5.74) is -1.21. The molecule has 6 heteroatoms. The van der Waals surface area contributed by atoms with Gasteiger partial charge in [-0.05, 0) is 84.1 Å². The summed E-state index contributed by atoms with van der Waals surface area (Å²) >= 11 is 0. The number of allylic oxidation sites excluding steroid dienone is 8. The molecule has 0 bridgehead atoms. The molecular formula is C44H74N2O4. The van der Waals surface area contributed by atoms with Crippen molar-refractivity contribution >= 4 is 11.6 Å². The molecule has 0 radical (unpaired) electrons. The fourth-order valence-corrected chi connectivity index (χ4v) is 6.95. The van der Waals surface area contributed by atoms with E-state index in [1.807, 2.05) is 11.9 Å². The van der Waals surface area contributed by atoms with Gasteiger partial charge in [0.15, 0.2) is 17.1 Å². The minimum atomic E-state index is -1.21. The first-order valence-electron chi connectivity index (χ1n) is 20.6. The zero-order valence-corrected chi connectivity index (χ0v) is 32.5. The van der Waals surface area contributed by atoms with Crippen LogP contribution in [0.3, 0.4) is 0 Å². The van der Waals surface area contributed by atoms with Crippen LogP contribution in [0.1, 0.15) is 168 Å². The Balaban J connectivity index is 1.74. The highest BCUT2D eigenvalue weighted by Gasteiger charge is 2.55. The Kier molecular flexibility index (Phi) is 25.5. The second kappa shape index (κ2) is 29.2. The predicted molar refractivity (Wildman–Crippen MR) is 211 cm³/mol. The van der Waals surface area contributed by atoms with Crippen molar-refractivity contribution in [3.05, 3.63) is 61.1 Å². The number of ether oxygens (including phenoxy) is 2. The van der Waals surface area contributed by atoms with Crippen LogP contribution < -0.4 is 0 Å². The molecular weight excluding hydrogens is 620 g/mol. The lowest BCUT2D eigenvalue weighted by Gasteiger charge is -2.48. The van der Waals surface area contributed by atoms with Gasteiger partial charge in [0.25, 0.3) is 0 Å². The molecule has 50 heavy (non-hydrogen) atoms. The van der Waals surface area contributed by atoms with Gasteiger partial charge in [-0.1, -0.05) is 127 Å². The van der Waals surface area contributed by atoms with Crippen molar-refractivity contribution in [3.63, 3.8) is 0 Å². The zero-order valence-electron chi connectivity index (χ0n) is 32.5. The van der Waals surface area contributed by atoms with Gasteiger partial charge < -0.3 is 14.4 Å². The van der Waals surface area contributed by atoms with Crippen LogP contribution in [0.25, 0.3) is 0 Å². The van der Waals surface area contributed by atoms with E-state index in [1.165, 1.54) is 89.6 Å². The maximum absolute atomic E-state index is 14.1. The Morgan fingerprint density at radius 3 is 1.42 bits per heavy atom. The molecule has 284 valence electrons. The monoisotopic (exact) mass is 695 g/mol. The molecule has 0 aromatic carbocycles. The molecule has 2 heterocycles. The highest BCUT2D eigenvalue weighted by atomic mass is 16.7. The Morgan fingerprint density at radius 1 is 0.580 bits per heavy atom. The smallest absolute Gasteiger partial charge is 0.305 e. The highest BCUT2D eigenvalue weighted by molar-refractivity contribution is 6.12. The first-order valence-corrected chi connectivity index (χ1v) is 20.6. The third-order valence-corrected chi connectivity index (χ3v) is 10.0. The molecule has 0 amide bonds. The van der Waals surface area contributed by atoms with Gasteiger partial charge in [0.1, 0.15) is 12.5 Å². The number of likely N-dealkylation sites (N-methyl/N-ethyl adjacent to an activating group) is 1. The van der Waals surface area contributed by atoms with Gasteiger partial charge in [-0.15, -0.1) is 0 Å². The van der Waals surface area contributed by atoms with Crippen LogP contribution in [0.4, 0.5) is 0 Å². The maximum Gasteiger partial charge on any atom is 0.305 e. The molecule has 0 atom stereocenters. The van der Waals surface area contributed by atoms with Crippen molar-refractivity contribution in [1.29, 1.82) is 0 Å². The average molecular weight is 695 g/mol. The van der Waals surface area contributed by atoms with Crippen LogP contribution in [0.5, 0.6) is 0 Å². The number of nitrogens with zero attached hydrogens (tertiary/aromatic N) is 2. The largest absolute Gasteiger partial charge is 0.446 e. The van der Waals surface area contributed by atoms with Crippen LogP contribution >= 0.6 is 0 Å². The quantitative estimate of drug-likeness (QED) is 0.0409. The van der Waals surface area contributed by atoms with E-state index in [-0.39, 0.29) is 11.6 Å². The van der Waals surface area contributed by atoms with Gasteiger partial charge in [-0.25, -0.2) is 4.90 Å². The summed E-state index contributed by atoms with van der Waals surface area (Å²) in [5, 5.41) is 0. The summed E-state index contributed by atoms with van der Waals surface area (Å²) in [7, 11) is 2.01. The van der Waals surface area contributed by atoms with Crippen molar-refractivity contribution in [2.75, 3.05) is 26.7 Å². The number of ketones is 2. The third kappa shape index (κ3) is 18.2. The molecule has 0 aromatic rings. The van der Waals surface area contributed by atoms with Crippen LogP contribution in [0.15, 0.2) is 61.1 Å². The molecule has 1 saturated heterocycles. The number of carbonyl (C=O) groups excluding carboxylic acids is 2. The van der Waals surface area contributed by atoms with E-state index >= 15 is 0 Å². The number of unbranched alkanes of at least 4 members (excludes halogenated alkanes) is 16. The average Bonchev–Trinajstić information content (AvgIpc) is 3.66. The van der Waals surface area contributed by atoms with Gasteiger partial charge in [0.05, 0.1) is 0 Å². The van der Waals surface area contributed by atoms with E-state index in [0.717, 1.165) is 70.8 Å². The second-order valence-corrected chi connectivity index (χ2v) is 14.5. The number of Topliss-reactive ketones (excluding diaryl/α,β-unsaturated/α-hetero) is 2. The first kappa shape index (κ1) is 43.7. The highest BCUT2D eigenvalue weighted by Crippen LogP contribution is 2.32. The third-order valence-electron chi connectivity index (χ3n) is 10.0. The fourth-order valence-electron chi connectivity index (χ4n) is 6.95. The Morgan fingerprint density at radius 2 is 0.980 bits per heavy atom. The summed E-state index contributed by atoms with van der Waals surface area (Å²) in [6, 6.07) is 0. The Bertz CT molecular complexity index is 963.